The zero-order valence-electron chi connectivity index (χ0n) is 16.7. The summed E-state index contributed by atoms with van der Waals surface area (Å²) >= 11 is 0. The zero-order chi connectivity index (χ0) is 19.1. The fourth-order valence-electron chi connectivity index (χ4n) is 3.82. The molecule has 0 bridgehead atoms. The second-order valence-corrected chi connectivity index (χ2v) is 8.67. The molecule has 0 amide bonds. The molecule has 2 aromatic carbocycles. The van der Waals surface area contributed by atoms with Gasteiger partial charge in [-0.1, -0.05) is 39.8 Å². The quantitative estimate of drug-likeness (QED) is 0.702. The molecule has 1 aliphatic rings. The molecule has 0 aliphatic heterocycles. The molecular formula is C23H29NO2. The summed E-state index contributed by atoms with van der Waals surface area (Å²) in [5.41, 5.74) is 6.88. The van der Waals surface area contributed by atoms with Gasteiger partial charge in [0.05, 0.1) is 12.7 Å². The number of fused-ring (bicyclic) bond motifs is 1. The summed E-state index contributed by atoms with van der Waals surface area (Å²) in [4.78, 5) is 11.8. The van der Waals surface area contributed by atoms with Crippen LogP contribution in [0.2, 0.25) is 0 Å². The molecule has 26 heavy (non-hydrogen) atoms. The van der Waals surface area contributed by atoms with E-state index >= 15 is 0 Å². The number of benzene rings is 2. The maximum atomic E-state index is 11.8. The number of esters is 1. The average Bonchev–Trinajstić information content (AvgIpc) is 2.60. The molecule has 0 spiro atoms. The number of aryl methyl sites for hydroxylation is 1. The van der Waals surface area contributed by atoms with Crippen LogP contribution in [0.4, 0.5) is 11.4 Å². The van der Waals surface area contributed by atoms with Gasteiger partial charge in [-0.2, -0.15) is 0 Å². The van der Waals surface area contributed by atoms with E-state index in [-0.39, 0.29) is 16.8 Å². The SMILES string of the molecule is COC(=O)c1ccc(C)c(Nc2ccc3c(c2)C(C)(C)CCC3(C)C)c1. The standard InChI is InChI=1S/C23H29NO2/c1-15-7-8-16(21(25)26-6)13-20(15)24-17-9-10-18-19(14-17)23(4,5)12-11-22(18,2)3/h7-10,13-14,24H,11-12H2,1-6H3. The van der Waals surface area contributed by atoms with E-state index in [1.54, 1.807) is 6.07 Å². The first-order valence-corrected chi connectivity index (χ1v) is 9.25. The van der Waals surface area contributed by atoms with E-state index in [2.05, 4.69) is 51.2 Å². The molecule has 0 radical (unpaired) electrons. The predicted octanol–water partition coefficient (Wildman–Crippen LogP) is 5.87. The van der Waals surface area contributed by atoms with E-state index in [0.29, 0.717) is 5.56 Å². The third-order valence-electron chi connectivity index (χ3n) is 5.79. The van der Waals surface area contributed by atoms with Gasteiger partial charge in [0, 0.05) is 11.4 Å². The van der Waals surface area contributed by atoms with Crippen molar-refractivity contribution in [3.63, 3.8) is 0 Å². The van der Waals surface area contributed by atoms with Gasteiger partial charge in [-0.25, -0.2) is 4.79 Å². The predicted molar refractivity (Wildman–Crippen MR) is 108 cm³/mol. The minimum Gasteiger partial charge on any atom is -0.465 e. The van der Waals surface area contributed by atoms with Crippen LogP contribution in [0.1, 0.15) is 67.6 Å². The summed E-state index contributed by atoms with van der Waals surface area (Å²) in [7, 11) is 1.41. The number of carbonyl (C=O) groups is 1. The van der Waals surface area contributed by atoms with Crippen LogP contribution in [0, 0.1) is 6.92 Å². The highest BCUT2D eigenvalue weighted by Gasteiger charge is 2.36. The van der Waals surface area contributed by atoms with Crippen molar-refractivity contribution in [2.24, 2.45) is 0 Å². The van der Waals surface area contributed by atoms with Gasteiger partial charge in [-0.3, -0.25) is 0 Å². The Hall–Kier alpha value is -2.29. The number of anilines is 2. The third kappa shape index (κ3) is 3.35. The fraction of sp³-hybridized carbons (Fsp3) is 0.435. The Balaban J connectivity index is 1.99. The van der Waals surface area contributed by atoms with Crippen LogP contribution < -0.4 is 5.32 Å². The Labute approximate surface area is 156 Å². The monoisotopic (exact) mass is 351 g/mol. The summed E-state index contributed by atoms with van der Waals surface area (Å²) in [6.45, 7) is 11.4. The number of methoxy groups -OCH3 is 1. The van der Waals surface area contributed by atoms with E-state index in [1.165, 1.54) is 31.1 Å². The highest BCUT2D eigenvalue weighted by atomic mass is 16.5. The fourth-order valence-corrected chi connectivity index (χ4v) is 3.82. The molecule has 0 unspecified atom stereocenters. The van der Waals surface area contributed by atoms with Crippen LogP contribution >= 0.6 is 0 Å². The van der Waals surface area contributed by atoms with E-state index in [0.717, 1.165) is 16.9 Å². The van der Waals surface area contributed by atoms with Crippen molar-refractivity contribution in [2.45, 2.75) is 58.3 Å². The number of ether oxygens (including phenoxy) is 1. The van der Waals surface area contributed by atoms with Crippen LogP contribution in [-0.4, -0.2) is 13.1 Å². The maximum Gasteiger partial charge on any atom is 0.337 e. The Morgan fingerprint density at radius 1 is 0.962 bits per heavy atom. The molecule has 2 aromatic rings. The first kappa shape index (κ1) is 18.5. The second kappa shape index (κ2) is 6.46. The lowest BCUT2D eigenvalue weighted by molar-refractivity contribution is 0.0601. The van der Waals surface area contributed by atoms with Gasteiger partial charge in [0.25, 0.3) is 0 Å². The van der Waals surface area contributed by atoms with Crippen molar-refractivity contribution >= 4 is 17.3 Å². The Morgan fingerprint density at radius 2 is 1.62 bits per heavy atom. The van der Waals surface area contributed by atoms with E-state index < -0.39 is 0 Å². The number of nitrogens with one attached hydrogen (secondary N) is 1. The van der Waals surface area contributed by atoms with Crippen molar-refractivity contribution < 1.29 is 9.53 Å². The Kier molecular flexibility index (Phi) is 4.60. The van der Waals surface area contributed by atoms with Crippen LogP contribution in [0.3, 0.4) is 0 Å². The summed E-state index contributed by atoms with van der Waals surface area (Å²) in [6.07, 6.45) is 2.40. The van der Waals surface area contributed by atoms with Gasteiger partial charge in [-0.15, -0.1) is 0 Å². The van der Waals surface area contributed by atoms with E-state index in [4.69, 9.17) is 4.74 Å². The van der Waals surface area contributed by atoms with E-state index in [9.17, 15) is 4.79 Å². The lowest BCUT2D eigenvalue weighted by Crippen LogP contribution is -2.33. The molecule has 3 nitrogen and oxygen atoms in total. The lowest BCUT2D eigenvalue weighted by atomic mass is 9.63. The molecule has 3 heteroatoms. The van der Waals surface area contributed by atoms with Gasteiger partial charge in [0.1, 0.15) is 0 Å². The number of hydrogen-bond donors (Lipinski definition) is 1. The van der Waals surface area contributed by atoms with Gasteiger partial charge < -0.3 is 10.1 Å². The summed E-state index contributed by atoms with van der Waals surface area (Å²) < 4.78 is 4.84. The number of hydrogen-bond acceptors (Lipinski definition) is 3. The van der Waals surface area contributed by atoms with Crippen molar-refractivity contribution in [1.82, 2.24) is 0 Å². The molecule has 3 rings (SSSR count). The first-order valence-electron chi connectivity index (χ1n) is 9.25. The second-order valence-electron chi connectivity index (χ2n) is 8.67. The normalized spacial score (nSPS) is 17.3. The molecule has 1 aliphatic carbocycles. The number of rotatable bonds is 3. The van der Waals surface area contributed by atoms with Crippen LogP contribution in [0.15, 0.2) is 36.4 Å². The van der Waals surface area contributed by atoms with Crippen LogP contribution in [0.25, 0.3) is 0 Å². The summed E-state index contributed by atoms with van der Waals surface area (Å²) in [5, 5.41) is 3.50. The first-order chi connectivity index (χ1) is 12.1. The molecule has 0 heterocycles. The molecule has 0 aromatic heterocycles. The topological polar surface area (TPSA) is 38.3 Å². The van der Waals surface area contributed by atoms with Crippen LogP contribution in [-0.2, 0) is 15.6 Å². The number of carbonyl (C=O) groups excluding carboxylic acids is 1. The van der Waals surface area contributed by atoms with E-state index in [1.807, 2.05) is 19.1 Å². The molecular weight excluding hydrogens is 322 g/mol. The Bertz CT molecular complexity index is 849. The highest BCUT2D eigenvalue weighted by molar-refractivity contribution is 5.91. The van der Waals surface area contributed by atoms with Crippen molar-refractivity contribution in [3.05, 3.63) is 58.7 Å². The lowest BCUT2D eigenvalue weighted by Gasteiger charge is -2.42. The van der Waals surface area contributed by atoms with Gasteiger partial charge >= 0.3 is 5.97 Å². The summed E-state index contributed by atoms with van der Waals surface area (Å²) in [5.74, 6) is -0.318. The van der Waals surface area contributed by atoms with Gasteiger partial charge in [0.15, 0.2) is 0 Å². The molecule has 0 saturated carbocycles. The van der Waals surface area contributed by atoms with Gasteiger partial charge in [-0.05, 0) is 71.6 Å². The average molecular weight is 351 g/mol. The molecule has 0 fully saturated rings. The highest BCUT2D eigenvalue weighted by Crippen LogP contribution is 2.46. The maximum absolute atomic E-state index is 11.8. The van der Waals surface area contributed by atoms with Crippen molar-refractivity contribution in [3.8, 4) is 0 Å². The molecule has 138 valence electrons. The minimum absolute atomic E-state index is 0.172. The largest absolute Gasteiger partial charge is 0.465 e. The van der Waals surface area contributed by atoms with Crippen molar-refractivity contribution in [2.75, 3.05) is 12.4 Å². The van der Waals surface area contributed by atoms with Gasteiger partial charge in [0.2, 0.25) is 0 Å². The smallest absolute Gasteiger partial charge is 0.337 e. The van der Waals surface area contributed by atoms with Crippen LogP contribution in [0.5, 0.6) is 0 Å². The summed E-state index contributed by atoms with van der Waals surface area (Å²) in [6, 6.07) is 12.3. The molecule has 0 saturated heterocycles. The van der Waals surface area contributed by atoms with Crippen molar-refractivity contribution in [1.29, 1.82) is 0 Å². The third-order valence-corrected chi connectivity index (χ3v) is 5.79. The molecule has 1 N–H and O–H groups in total. The Morgan fingerprint density at radius 3 is 2.27 bits per heavy atom. The molecule has 0 atom stereocenters. The zero-order valence-corrected chi connectivity index (χ0v) is 16.7. The minimum atomic E-state index is -0.318.